The predicted octanol–water partition coefficient (Wildman–Crippen LogP) is 15.7. The minimum atomic E-state index is -1.65. The van der Waals surface area contributed by atoms with Gasteiger partial charge in [0.05, 0.1) is 40.3 Å². The quantitative estimate of drug-likeness (QED) is 0.0195. The molecular weight excluding hydrogens is 935 g/mol. The molecule has 0 saturated heterocycles. The normalized spacial score (nSPS) is 14.0. The zero-order valence-electron chi connectivity index (χ0n) is 47.6. The van der Waals surface area contributed by atoms with Gasteiger partial charge in [-0.25, -0.2) is 0 Å². The van der Waals surface area contributed by atoms with Crippen LogP contribution in [0.5, 0.6) is 0 Å². The molecule has 75 heavy (non-hydrogen) atoms. The monoisotopic (exact) mass is 1040 g/mol. The van der Waals surface area contributed by atoms with Crippen molar-refractivity contribution < 1.29 is 42.9 Å². The van der Waals surface area contributed by atoms with Gasteiger partial charge >= 0.3 is 11.9 Å². The van der Waals surface area contributed by atoms with Crippen molar-refractivity contribution in [2.24, 2.45) is 0 Å². The molecule has 0 rings (SSSR count). The molecule has 0 aliphatic heterocycles. The van der Waals surface area contributed by atoms with Crippen molar-refractivity contribution in [2.45, 2.75) is 193 Å². The minimum absolute atomic E-state index is 0.129. The first-order valence-corrected chi connectivity index (χ1v) is 28.6. The molecule has 9 heteroatoms. The predicted molar refractivity (Wildman–Crippen MR) is 315 cm³/mol. The summed E-state index contributed by atoms with van der Waals surface area (Å²) in [5.41, 5.74) is 0. The summed E-state index contributed by atoms with van der Waals surface area (Å²) in [6, 6.07) is 0. The zero-order chi connectivity index (χ0) is 54.8. The maximum absolute atomic E-state index is 12.9. The molecule has 0 bridgehead atoms. The number of carboxylic acid groups (broad SMARTS) is 1. The number of hydrogen-bond acceptors (Lipinski definition) is 8. The third kappa shape index (κ3) is 56.5. The number of aliphatic carboxylic acids is 1. The largest absolute Gasteiger partial charge is 0.545 e. The molecule has 0 saturated carbocycles. The number of rotatable bonds is 50. The van der Waals surface area contributed by atoms with Crippen LogP contribution in [-0.4, -0.2) is 82.3 Å². The van der Waals surface area contributed by atoms with Crippen LogP contribution in [0.2, 0.25) is 0 Å². The molecule has 2 atom stereocenters. The van der Waals surface area contributed by atoms with Gasteiger partial charge in [-0.05, 0) is 122 Å². The number of likely N-dealkylation sites (N-methyl/N-ethyl adjacent to an activating group) is 1. The van der Waals surface area contributed by atoms with E-state index >= 15 is 0 Å². The van der Waals surface area contributed by atoms with E-state index in [1.165, 1.54) is 0 Å². The van der Waals surface area contributed by atoms with Crippen LogP contribution >= 0.6 is 0 Å². The van der Waals surface area contributed by atoms with Crippen molar-refractivity contribution in [3.05, 3.63) is 158 Å². The van der Waals surface area contributed by atoms with Gasteiger partial charge in [-0.15, -0.1) is 0 Å². The molecule has 0 radical (unpaired) electrons. The molecule has 0 N–H and O–H groups in total. The van der Waals surface area contributed by atoms with Crippen LogP contribution in [0.1, 0.15) is 181 Å². The van der Waals surface area contributed by atoms with Crippen molar-refractivity contribution in [3.63, 3.8) is 0 Å². The number of nitrogens with zero attached hydrogens (tertiary/aromatic N) is 1. The van der Waals surface area contributed by atoms with Crippen LogP contribution < -0.4 is 5.11 Å². The molecule has 0 spiro atoms. The Morgan fingerprint density at radius 3 is 1.07 bits per heavy atom. The van der Waals surface area contributed by atoms with E-state index in [1.807, 2.05) is 21.1 Å². The van der Waals surface area contributed by atoms with Gasteiger partial charge in [-0.2, -0.15) is 0 Å². The molecule has 0 aromatic rings. The number of carbonyl (C=O) groups excluding carboxylic acids is 3. The summed E-state index contributed by atoms with van der Waals surface area (Å²) in [7, 11) is 5.89. The van der Waals surface area contributed by atoms with Crippen molar-refractivity contribution in [1.82, 2.24) is 0 Å². The maximum atomic E-state index is 12.9. The first-order valence-electron chi connectivity index (χ1n) is 28.6. The average Bonchev–Trinajstić information content (AvgIpc) is 3.38. The Morgan fingerprint density at radius 1 is 0.400 bits per heavy atom. The molecule has 2 unspecified atom stereocenters. The number of ether oxygens (including phenoxy) is 4. The second kappa shape index (κ2) is 55.2. The minimum Gasteiger partial charge on any atom is -0.545 e. The van der Waals surface area contributed by atoms with E-state index in [9.17, 15) is 19.5 Å². The Morgan fingerprint density at radius 2 is 0.720 bits per heavy atom. The van der Waals surface area contributed by atoms with Gasteiger partial charge in [-0.3, -0.25) is 9.59 Å². The summed E-state index contributed by atoms with van der Waals surface area (Å²) in [5, 5.41) is 11.8. The SMILES string of the molecule is CC/C=C\C/C=C\C/C=C\C/C=C\C/C=C\C/C=C\C/C=C\C/C=C\CCCCCCC(=O)OC(COC(=O)CCCCCCC/C=C\C/C=C\C/C=C\C/C=C\C/C=C\CC)COC(OCC[N+](C)(C)C)C(=O)[O-]. The van der Waals surface area contributed by atoms with E-state index < -0.39 is 30.3 Å². The molecule has 0 aliphatic carbocycles. The molecule has 9 nitrogen and oxygen atoms in total. The summed E-state index contributed by atoms with van der Waals surface area (Å²) < 4.78 is 22.6. The summed E-state index contributed by atoms with van der Waals surface area (Å²) in [6.45, 7) is 4.43. The van der Waals surface area contributed by atoms with Crippen molar-refractivity contribution in [3.8, 4) is 0 Å². The van der Waals surface area contributed by atoms with Crippen molar-refractivity contribution in [2.75, 3.05) is 47.5 Å². The lowest BCUT2D eigenvalue weighted by atomic mass is 10.1. The summed E-state index contributed by atoms with van der Waals surface area (Å²) >= 11 is 0. The first kappa shape index (κ1) is 69.9. The van der Waals surface area contributed by atoms with Gasteiger partial charge in [0.2, 0.25) is 0 Å². The topological polar surface area (TPSA) is 111 Å². The molecule has 0 aliphatic rings. The van der Waals surface area contributed by atoms with Crippen LogP contribution in [0.25, 0.3) is 0 Å². The van der Waals surface area contributed by atoms with Gasteiger partial charge in [0.1, 0.15) is 13.2 Å². The Bertz CT molecular complexity index is 1780. The van der Waals surface area contributed by atoms with Crippen LogP contribution in [0.15, 0.2) is 158 Å². The van der Waals surface area contributed by atoms with Gasteiger partial charge in [0, 0.05) is 12.8 Å². The third-order valence-corrected chi connectivity index (χ3v) is 11.3. The first-order chi connectivity index (χ1) is 36.6. The van der Waals surface area contributed by atoms with Crippen molar-refractivity contribution in [1.29, 1.82) is 0 Å². The fraction of sp³-hybridized carbons (Fsp3) is 0.561. The van der Waals surface area contributed by atoms with Crippen LogP contribution in [0.3, 0.4) is 0 Å². The number of carboxylic acids is 1. The Balaban J connectivity index is 4.42. The number of hydrogen-bond donors (Lipinski definition) is 0. The van der Waals surface area contributed by atoms with Crippen molar-refractivity contribution >= 4 is 17.9 Å². The average molecular weight is 1040 g/mol. The highest BCUT2D eigenvalue weighted by atomic mass is 16.7. The molecule has 0 amide bonds. The van der Waals surface area contributed by atoms with Gasteiger partial charge in [0.25, 0.3) is 0 Å². The zero-order valence-corrected chi connectivity index (χ0v) is 47.6. The van der Waals surface area contributed by atoms with E-state index in [1.54, 1.807) is 0 Å². The standard InChI is InChI=1S/C66H103NO8/c1-6-8-10-12-14-16-18-20-22-24-26-28-29-30-31-32-33-34-35-37-39-41-43-45-47-49-51-53-55-57-64(69)75-62(61-74-66(65(70)71)72-59-58-67(3,4)5)60-73-63(68)56-54-52-50-48-46-44-42-40-38-36-27-25-23-21-19-17-15-13-11-9-7-2/h8-11,14-17,20-23,26-28,30-31,33-34,36-37,39-40,42-43,45,62,66H,6-7,12-13,18-19,24-25,29,32,35,38,41,44,46-61H2,1-5H3/b10-8-,11-9-,16-14-,17-15-,22-20-,23-21-,28-26-,31-30-,34-33-,36-27-,39-37-,42-40-,45-43-. The van der Waals surface area contributed by atoms with Gasteiger partial charge in [0.15, 0.2) is 12.4 Å². The van der Waals surface area contributed by atoms with E-state index in [2.05, 4.69) is 172 Å². The molecule has 0 aromatic heterocycles. The molecule has 0 heterocycles. The number of esters is 2. The fourth-order valence-electron chi connectivity index (χ4n) is 6.93. The summed E-state index contributed by atoms with van der Waals surface area (Å²) in [5.74, 6) is -2.37. The lowest BCUT2D eigenvalue weighted by Crippen LogP contribution is -2.44. The number of carbonyl (C=O) groups is 3. The molecule has 0 fully saturated rings. The number of allylic oxidation sites excluding steroid dienone is 26. The lowest BCUT2D eigenvalue weighted by Gasteiger charge is -2.26. The van der Waals surface area contributed by atoms with E-state index in [0.29, 0.717) is 23.9 Å². The van der Waals surface area contributed by atoms with Crippen LogP contribution in [0.4, 0.5) is 0 Å². The van der Waals surface area contributed by atoms with Crippen LogP contribution in [0, 0.1) is 0 Å². The fourth-order valence-corrected chi connectivity index (χ4v) is 6.93. The Labute approximate surface area is 457 Å². The molecule has 0 aromatic carbocycles. The number of quaternary nitrogens is 1. The molecule has 420 valence electrons. The highest BCUT2D eigenvalue weighted by Crippen LogP contribution is 2.12. The number of unbranched alkanes of at least 4 members (excludes halogenated alkanes) is 9. The smallest absolute Gasteiger partial charge is 0.306 e. The Kier molecular flexibility index (Phi) is 51.4. The van der Waals surface area contributed by atoms with Gasteiger partial charge < -0.3 is 33.3 Å². The summed E-state index contributed by atoms with van der Waals surface area (Å²) in [4.78, 5) is 37.3. The second-order valence-electron chi connectivity index (χ2n) is 19.5. The highest BCUT2D eigenvalue weighted by molar-refractivity contribution is 5.70. The highest BCUT2D eigenvalue weighted by Gasteiger charge is 2.22. The van der Waals surface area contributed by atoms with E-state index in [-0.39, 0.29) is 32.7 Å². The van der Waals surface area contributed by atoms with E-state index in [4.69, 9.17) is 18.9 Å². The molecular formula is C66H103NO8. The van der Waals surface area contributed by atoms with E-state index in [0.717, 1.165) is 141 Å². The van der Waals surface area contributed by atoms with Crippen LogP contribution in [-0.2, 0) is 33.3 Å². The second-order valence-corrected chi connectivity index (χ2v) is 19.5. The third-order valence-electron chi connectivity index (χ3n) is 11.3. The maximum Gasteiger partial charge on any atom is 0.306 e. The summed E-state index contributed by atoms with van der Waals surface area (Å²) in [6.07, 6.45) is 78.5. The lowest BCUT2D eigenvalue weighted by molar-refractivity contribution is -0.870. The Hall–Kier alpha value is -5.09. The van der Waals surface area contributed by atoms with Gasteiger partial charge in [-0.1, -0.05) is 204 Å².